The highest BCUT2D eigenvalue weighted by atomic mass is 32.2. The summed E-state index contributed by atoms with van der Waals surface area (Å²) < 4.78 is 5.04. The molecule has 5 nitrogen and oxygen atoms in total. The summed E-state index contributed by atoms with van der Waals surface area (Å²) in [5.41, 5.74) is 2.32. The molecular weight excluding hydrogens is 398 g/mol. The third kappa shape index (κ3) is 5.15. The van der Waals surface area contributed by atoms with E-state index in [1.165, 1.54) is 0 Å². The Bertz CT molecular complexity index is 1060. The summed E-state index contributed by atoms with van der Waals surface area (Å²) in [6, 6.07) is 16.7. The van der Waals surface area contributed by atoms with Crippen molar-refractivity contribution in [2.75, 3.05) is 6.61 Å². The molecule has 1 heterocycles. The summed E-state index contributed by atoms with van der Waals surface area (Å²) >= 11 is 1.06. The molecule has 2 aromatic carbocycles. The predicted molar refractivity (Wildman–Crippen MR) is 120 cm³/mol. The molecular formula is C24H21NO4S. The van der Waals surface area contributed by atoms with Crippen molar-refractivity contribution in [2.24, 2.45) is 4.99 Å². The number of rotatable bonds is 5. The van der Waals surface area contributed by atoms with Crippen LogP contribution in [-0.2, 0) is 9.53 Å². The van der Waals surface area contributed by atoms with Crippen LogP contribution in [0, 0.1) is 6.92 Å². The number of carbonyl (C=O) groups excluding carboxylic acids is 2. The van der Waals surface area contributed by atoms with Crippen LogP contribution in [0.25, 0.3) is 6.08 Å². The molecule has 6 heteroatoms. The Labute approximate surface area is 179 Å². The van der Waals surface area contributed by atoms with Gasteiger partial charge in [-0.2, -0.15) is 0 Å². The van der Waals surface area contributed by atoms with Gasteiger partial charge in [0.05, 0.1) is 11.5 Å². The van der Waals surface area contributed by atoms with E-state index in [-0.39, 0.29) is 23.0 Å². The van der Waals surface area contributed by atoms with Crippen LogP contribution >= 0.6 is 11.8 Å². The first-order valence-corrected chi connectivity index (χ1v) is 10.2. The average Bonchev–Trinajstić information content (AvgIpc) is 3.04. The van der Waals surface area contributed by atoms with Crippen molar-refractivity contribution in [3.63, 3.8) is 0 Å². The van der Waals surface area contributed by atoms with Crippen molar-refractivity contribution in [2.45, 2.75) is 13.8 Å². The molecule has 1 aliphatic rings. The van der Waals surface area contributed by atoms with E-state index in [0.717, 1.165) is 22.9 Å². The van der Waals surface area contributed by atoms with Gasteiger partial charge in [0, 0.05) is 5.56 Å². The minimum absolute atomic E-state index is 0.0957. The smallest absolute Gasteiger partial charge is 0.344 e. The normalized spacial score (nSPS) is 16.6. The number of aliphatic hydroxyl groups is 1. The standard InChI is InChI=1S/C24H21NO4S/c1-3-29-24(28)20-21(26)19(11-7-10-17-8-5-4-6-9-17)30-23(20)25-22(27)18-14-12-16(2)13-15-18/h4-15,26H,3H2,1-2H3/b10-7+,19-11-,25-23?. The molecule has 3 rings (SSSR count). The van der Waals surface area contributed by atoms with E-state index in [1.54, 1.807) is 31.2 Å². The van der Waals surface area contributed by atoms with Gasteiger partial charge in [0.2, 0.25) is 0 Å². The number of hydrogen-bond acceptors (Lipinski definition) is 5. The van der Waals surface area contributed by atoms with Crippen molar-refractivity contribution in [3.8, 4) is 0 Å². The monoisotopic (exact) mass is 419 g/mol. The first kappa shape index (κ1) is 21.3. The summed E-state index contributed by atoms with van der Waals surface area (Å²) in [7, 11) is 0. The number of aryl methyl sites for hydroxylation is 1. The first-order chi connectivity index (χ1) is 14.5. The van der Waals surface area contributed by atoms with E-state index in [9.17, 15) is 14.7 Å². The highest BCUT2D eigenvalue weighted by Gasteiger charge is 2.33. The number of carbonyl (C=O) groups is 2. The SMILES string of the molecule is CCOC(=O)C1=C(O)/C(=C/C=C/c2ccccc2)SC1=NC(=O)c1ccc(C)cc1. The van der Waals surface area contributed by atoms with Crippen molar-refractivity contribution in [1.29, 1.82) is 0 Å². The van der Waals surface area contributed by atoms with E-state index in [4.69, 9.17) is 4.74 Å². The number of benzene rings is 2. The average molecular weight is 420 g/mol. The maximum absolute atomic E-state index is 12.6. The fourth-order valence-corrected chi connectivity index (χ4v) is 3.63. The zero-order chi connectivity index (χ0) is 21.5. The molecule has 1 N–H and O–H groups in total. The Balaban J connectivity index is 1.91. The van der Waals surface area contributed by atoms with Gasteiger partial charge < -0.3 is 9.84 Å². The molecule has 0 bridgehead atoms. The zero-order valence-electron chi connectivity index (χ0n) is 16.7. The maximum atomic E-state index is 12.6. The van der Waals surface area contributed by atoms with Gasteiger partial charge >= 0.3 is 5.97 Å². The van der Waals surface area contributed by atoms with Gasteiger partial charge in [-0.25, -0.2) is 9.79 Å². The molecule has 0 atom stereocenters. The van der Waals surface area contributed by atoms with Gasteiger partial charge in [-0.05, 0) is 37.6 Å². The third-order valence-electron chi connectivity index (χ3n) is 4.21. The van der Waals surface area contributed by atoms with Gasteiger partial charge in [0.15, 0.2) is 0 Å². The number of ether oxygens (including phenoxy) is 1. The molecule has 0 unspecified atom stereocenters. The van der Waals surface area contributed by atoms with E-state index in [0.29, 0.717) is 10.5 Å². The predicted octanol–water partition coefficient (Wildman–Crippen LogP) is 5.25. The van der Waals surface area contributed by atoms with Crippen LogP contribution in [0.5, 0.6) is 0 Å². The number of amides is 1. The molecule has 0 radical (unpaired) electrons. The zero-order valence-corrected chi connectivity index (χ0v) is 17.5. The molecule has 0 aliphatic carbocycles. The Hall–Kier alpha value is -3.38. The number of hydrogen-bond donors (Lipinski definition) is 1. The van der Waals surface area contributed by atoms with E-state index in [1.807, 2.05) is 55.5 Å². The Morgan fingerprint density at radius 2 is 1.80 bits per heavy atom. The fourth-order valence-electron chi connectivity index (χ4n) is 2.67. The van der Waals surface area contributed by atoms with Crippen LogP contribution in [0.2, 0.25) is 0 Å². The van der Waals surface area contributed by atoms with Crippen LogP contribution in [-0.4, -0.2) is 28.6 Å². The lowest BCUT2D eigenvalue weighted by atomic mass is 10.1. The summed E-state index contributed by atoms with van der Waals surface area (Å²) in [5.74, 6) is -1.45. The van der Waals surface area contributed by atoms with Gasteiger partial charge in [0.1, 0.15) is 16.4 Å². The molecule has 0 saturated carbocycles. The number of allylic oxidation sites excluding steroid dienone is 2. The van der Waals surface area contributed by atoms with Gasteiger partial charge in [0.25, 0.3) is 5.91 Å². The van der Waals surface area contributed by atoms with Crippen LogP contribution in [0.3, 0.4) is 0 Å². The van der Waals surface area contributed by atoms with Crippen LogP contribution in [0.15, 0.2) is 88.0 Å². The largest absolute Gasteiger partial charge is 0.506 e. The van der Waals surface area contributed by atoms with Crippen LogP contribution in [0.4, 0.5) is 0 Å². The van der Waals surface area contributed by atoms with Gasteiger partial charge in [-0.15, -0.1) is 0 Å². The number of aliphatic imine (C=N–C) groups is 1. The first-order valence-electron chi connectivity index (χ1n) is 9.41. The second-order valence-electron chi connectivity index (χ2n) is 6.43. The number of esters is 1. The molecule has 0 saturated heterocycles. The van der Waals surface area contributed by atoms with E-state index in [2.05, 4.69) is 4.99 Å². The molecule has 0 aromatic heterocycles. The van der Waals surface area contributed by atoms with E-state index >= 15 is 0 Å². The highest BCUT2D eigenvalue weighted by molar-refractivity contribution is 8.18. The number of nitrogens with zero attached hydrogens (tertiary/aromatic N) is 1. The summed E-state index contributed by atoms with van der Waals surface area (Å²) in [6.45, 7) is 3.74. The van der Waals surface area contributed by atoms with E-state index < -0.39 is 11.9 Å². The van der Waals surface area contributed by atoms with Crippen molar-refractivity contribution in [1.82, 2.24) is 0 Å². The minimum atomic E-state index is -0.714. The Kier molecular flexibility index (Phi) is 7.03. The molecule has 0 fully saturated rings. The topological polar surface area (TPSA) is 76.0 Å². The van der Waals surface area contributed by atoms with Crippen molar-refractivity contribution in [3.05, 3.63) is 99.7 Å². The molecule has 1 aliphatic heterocycles. The molecule has 1 amide bonds. The summed E-state index contributed by atoms with van der Waals surface area (Å²) in [6.07, 6.45) is 5.31. The van der Waals surface area contributed by atoms with Crippen LogP contribution in [0.1, 0.15) is 28.4 Å². The molecule has 2 aromatic rings. The second-order valence-corrected chi connectivity index (χ2v) is 7.47. The lowest BCUT2D eigenvalue weighted by molar-refractivity contribution is -0.138. The summed E-state index contributed by atoms with van der Waals surface area (Å²) in [4.78, 5) is 29.4. The molecule has 30 heavy (non-hydrogen) atoms. The summed E-state index contributed by atoms with van der Waals surface area (Å²) in [5, 5.41) is 10.7. The Morgan fingerprint density at radius 1 is 1.10 bits per heavy atom. The third-order valence-corrected chi connectivity index (χ3v) is 5.25. The fraction of sp³-hybridized carbons (Fsp3) is 0.125. The second kappa shape index (κ2) is 9.89. The number of thioether (sulfide) groups is 1. The maximum Gasteiger partial charge on any atom is 0.344 e. The van der Waals surface area contributed by atoms with Gasteiger partial charge in [-0.3, -0.25) is 4.79 Å². The van der Waals surface area contributed by atoms with Crippen molar-refractivity contribution < 1.29 is 19.4 Å². The lowest BCUT2D eigenvalue weighted by Gasteiger charge is -2.03. The van der Waals surface area contributed by atoms with Gasteiger partial charge in [-0.1, -0.05) is 71.9 Å². The highest BCUT2D eigenvalue weighted by Crippen LogP contribution is 2.38. The minimum Gasteiger partial charge on any atom is -0.506 e. The Morgan fingerprint density at radius 3 is 2.47 bits per heavy atom. The molecule has 152 valence electrons. The lowest BCUT2D eigenvalue weighted by Crippen LogP contribution is -2.14. The molecule has 0 spiro atoms. The quantitative estimate of drug-likeness (QED) is 0.670. The van der Waals surface area contributed by atoms with Crippen LogP contribution < -0.4 is 0 Å². The number of aliphatic hydroxyl groups excluding tert-OH is 1. The van der Waals surface area contributed by atoms with Crippen molar-refractivity contribution >= 4 is 34.8 Å².